The molecule has 3 amide bonds. The van der Waals surface area contributed by atoms with Gasteiger partial charge in [0.1, 0.15) is 17.2 Å². The Balaban J connectivity index is 0.000000165. The van der Waals surface area contributed by atoms with Gasteiger partial charge >= 0.3 is 19.8 Å². The number of likely N-dealkylation sites (N-methyl/N-ethyl adjacent to an activating group) is 3. The van der Waals surface area contributed by atoms with E-state index in [1.165, 1.54) is 145 Å². The van der Waals surface area contributed by atoms with Crippen molar-refractivity contribution in [2.45, 2.75) is 36.5 Å². The van der Waals surface area contributed by atoms with E-state index in [1.54, 1.807) is 91.0 Å². The summed E-state index contributed by atoms with van der Waals surface area (Å²) in [4.78, 5) is 68.0. The number of hydrogen-bond donors (Lipinski definition) is 3. The van der Waals surface area contributed by atoms with Crippen LogP contribution >= 0.6 is 0 Å². The maximum atomic E-state index is 13.3. The first-order chi connectivity index (χ1) is 44.4. The van der Waals surface area contributed by atoms with Crippen molar-refractivity contribution in [3.8, 4) is 50.6 Å². The van der Waals surface area contributed by atoms with Crippen LogP contribution < -0.4 is 31.4 Å². The number of nitrogens with two attached hydrogens (primary N) is 3. The van der Waals surface area contributed by atoms with E-state index in [4.69, 9.17) is 17.2 Å². The fraction of sp³-hybridized carbons (Fsp3) is 0.136. The SMILES string of the molecule is CN1C(=O)C(c2ccc(OC(F)F)cc2)(c2cccc(-c3ccc(F)nc3)c2)N=C1N.CN1C(=O)[C@@](c2ccc(OC(F)F)cc2)(c2cccc(-c3ccc(F)nc3)c2)N=C1N.CN1C(=O)[C@](c2ccc(OC(F)F)cc2)(c2cccc(-c3ccc(F)nc3)c2)N=C1N.[B]. The molecular weight excluding hydrogens is 1240 g/mol. The van der Waals surface area contributed by atoms with E-state index in [0.717, 1.165) is 0 Å². The Hall–Kier alpha value is -11.6. The summed E-state index contributed by atoms with van der Waals surface area (Å²) >= 11 is 0. The van der Waals surface area contributed by atoms with E-state index in [0.29, 0.717) is 66.8 Å². The van der Waals surface area contributed by atoms with Gasteiger partial charge in [-0.2, -0.15) is 39.5 Å². The number of nitrogens with zero attached hydrogens (tertiary/aromatic N) is 9. The van der Waals surface area contributed by atoms with Gasteiger partial charge in [-0.05, 0) is 141 Å². The third kappa shape index (κ3) is 13.3. The molecule has 0 saturated carbocycles. The maximum Gasteiger partial charge on any atom is 0.387 e. The van der Waals surface area contributed by atoms with Crippen molar-refractivity contribution in [3.63, 3.8) is 0 Å². The lowest BCUT2D eigenvalue weighted by molar-refractivity contribution is -0.130. The van der Waals surface area contributed by atoms with Crippen molar-refractivity contribution in [2.24, 2.45) is 32.2 Å². The average molecular weight is 1290 g/mol. The van der Waals surface area contributed by atoms with Crippen LogP contribution in [-0.4, -0.2) is 115 Å². The van der Waals surface area contributed by atoms with Crippen molar-refractivity contribution < 1.29 is 68.1 Å². The monoisotopic (exact) mass is 1290 g/mol. The Morgan fingerprint density at radius 3 is 0.787 bits per heavy atom. The molecule has 6 heterocycles. The minimum absolute atomic E-state index is 0. The number of benzene rings is 6. The maximum absolute atomic E-state index is 13.3. The predicted octanol–water partition coefficient (Wildman–Crippen LogP) is 10.2. The van der Waals surface area contributed by atoms with Crippen LogP contribution in [0.15, 0.2) is 216 Å². The van der Waals surface area contributed by atoms with Gasteiger partial charge in [0.2, 0.25) is 17.8 Å². The second kappa shape index (κ2) is 27.5. The van der Waals surface area contributed by atoms with E-state index in [9.17, 15) is 53.9 Å². The molecule has 18 nitrogen and oxygen atoms in total. The highest BCUT2D eigenvalue weighted by Gasteiger charge is 2.52. The third-order valence-corrected chi connectivity index (χ3v) is 15.2. The molecule has 0 aliphatic carbocycles. The lowest BCUT2D eigenvalue weighted by atomic mass is 9.82. The van der Waals surface area contributed by atoms with Crippen LogP contribution in [0.3, 0.4) is 0 Å². The number of aliphatic imine (C=N–C) groups is 3. The van der Waals surface area contributed by atoms with E-state index in [2.05, 4.69) is 44.1 Å². The standard InChI is InChI=1S/3C22H17F3N4O2.B/c3*1-29-19(30)22(28-21(29)26,15-6-8-17(9-7-15)31-20(24)25)16-4-2-3-13(11-16)14-5-10-18(23)27-12-14;/h3*2-12,20H,1H3,(H2,26,28);/t2*22-;;/m10../s1. The summed E-state index contributed by atoms with van der Waals surface area (Å²) in [7, 11) is 4.51. The third-order valence-electron chi connectivity index (χ3n) is 15.2. The molecule has 3 radical (unpaired) electrons. The Morgan fingerprint density at radius 2 is 0.596 bits per heavy atom. The molecule has 9 aromatic rings. The number of carbonyl (C=O) groups is 3. The molecule has 3 aliphatic heterocycles. The Labute approximate surface area is 532 Å². The molecule has 3 aliphatic rings. The van der Waals surface area contributed by atoms with Crippen LogP contribution in [0.25, 0.3) is 33.4 Å². The van der Waals surface area contributed by atoms with Crippen LogP contribution in [0, 0.1) is 17.8 Å². The van der Waals surface area contributed by atoms with Crippen LogP contribution in [0.2, 0.25) is 0 Å². The smallest absolute Gasteiger partial charge is 0.387 e. The fourth-order valence-electron chi connectivity index (χ4n) is 10.6. The highest BCUT2D eigenvalue weighted by molar-refractivity contribution is 6.11. The van der Waals surface area contributed by atoms with Gasteiger partial charge in [-0.1, -0.05) is 91.0 Å². The van der Waals surface area contributed by atoms with E-state index in [-0.39, 0.29) is 43.5 Å². The molecule has 0 fully saturated rings. The van der Waals surface area contributed by atoms with Gasteiger partial charge in [0, 0.05) is 64.8 Å². The molecule has 6 N–H and O–H groups in total. The second-order valence-corrected chi connectivity index (χ2v) is 20.7. The number of halogens is 9. The minimum Gasteiger partial charge on any atom is -0.435 e. The Kier molecular flexibility index (Phi) is 19.5. The molecular formula is C66H51BF9N12O6. The lowest BCUT2D eigenvalue weighted by Gasteiger charge is -2.26. The van der Waals surface area contributed by atoms with Gasteiger partial charge in [0.15, 0.2) is 34.5 Å². The summed E-state index contributed by atoms with van der Waals surface area (Å²) in [5.74, 6) is -3.09. The molecule has 3 aromatic heterocycles. The zero-order chi connectivity index (χ0) is 66.5. The summed E-state index contributed by atoms with van der Waals surface area (Å²) < 4.78 is 128. The van der Waals surface area contributed by atoms with E-state index in [1.807, 2.05) is 0 Å². The largest absolute Gasteiger partial charge is 0.435 e. The molecule has 6 aromatic carbocycles. The highest BCUT2D eigenvalue weighted by Crippen LogP contribution is 2.44. The Bertz CT molecular complexity index is 3900. The summed E-state index contributed by atoms with van der Waals surface area (Å²) in [6.45, 7) is -8.89. The quantitative estimate of drug-likeness (QED) is 0.0493. The molecule has 28 heteroatoms. The van der Waals surface area contributed by atoms with Crippen LogP contribution in [0.5, 0.6) is 17.2 Å². The number of pyridine rings is 3. The van der Waals surface area contributed by atoms with Gasteiger partial charge in [-0.25, -0.2) is 29.9 Å². The van der Waals surface area contributed by atoms with Crippen molar-refractivity contribution in [1.82, 2.24) is 29.7 Å². The van der Waals surface area contributed by atoms with Crippen LogP contribution in [0.1, 0.15) is 33.4 Å². The average Bonchev–Trinajstić information content (AvgIpc) is 1.55. The van der Waals surface area contributed by atoms with Crippen molar-refractivity contribution in [3.05, 3.63) is 252 Å². The molecule has 0 spiro atoms. The Morgan fingerprint density at radius 1 is 0.351 bits per heavy atom. The van der Waals surface area contributed by atoms with Gasteiger partial charge < -0.3 is 31.4 Å². The topological polar surface area (TPSA) is 242 Å². The number of amides is 3. The molecule has 477 valence electrons. The fourth-order valence-corrected chi connectivity index (χ4v) is 10.6. The van der Waals surface area contributed by atoms with Gasteiger partial charge in [-0.15, -0.1) is 0 Å². The van der Waals surface area contributed by atoms with Gasteiger partial charge in [0.05, 0.1) is 0 Å². The number of hydrogen-bond acceptors (Lipinski definition) is 15. The molecule has 3 atom stereocenters. The second-order valence-electron chi connectivity index (χ2n) is 20.7. The zero-order valence-electron chi connectivity index (χ0n) is 49.5. The predicted molar refractivity (Wildman–Crippen MR) is 329 cm³/mol. The molecule has 0 saturated heterocycles. The van der Waals surface area contributed by atoms with E-state index < -0.39 is 72.0 Å². The summed E-state index contributed by atoms with van der Waals surface area (Å²) in [5, 5.41) is 0. The summed E-state index contributed by atoms with van der Waals surface area (Å²) in [6, 6.07) is 46.5. The van der Waals surface area contributed by atoms with Crippen LogP contribution in [-0.2, 0) is 31.0 Å². The van der Waals surface area contributed by atoms with E-state index >= 15 is 0 Å². The number of rotatable bonds is 15. The number of carbonyl (C=O) groups excluding carboxylic acids is 3. The van der Waals surface area contributed by atoms with Gasteiger partial charge in [-0.3, -0.25) is 29.1 Å². The minimum atomic E-state index is -2.96. The molecule has 0 bridgehead atoms. The summed E-state index contributed by atoms with van der Waals surface area (Å²) in [5.41, 5.74) is 20.2. The number of aromatic nitrogens is 3. The first-order valence-corrected chi connectivity index (χ1v) is 27.7. The number of guanidine groups is 3. The lowest BCUT2D eigenvalue weighted by Crippen LogP contribution is -2.41. The number of alkyl halides is 6. The van der Waals surface area contributed by atoms with Crippen LogP contribution in [0.4, 0.5) is 39.5 Å². The van der Waals surface area contributed by atoms with Gasteiger partial charge in [0.25, 0.3) is 17.7 Å². The van der Waals surface area contributed by atoms with Crippen molar-refractivity contribution >= 4 is 44.0 Å². The molecule has 12 rings (SSSR count). The first-order valence-electron chi connectivity index (χ1n) is 27.7. The first kappa shape index (κ1) is 66.8. The molecule has 94 heavy (non-hydrogen) atoms. The summed E-state index contributed by atoms with van der Waals surface area (Å²) in [6.07, 6.45) is 4.16. The van der Waals surface area contributed by atoms with Crippen molar-refractivity contribution in [1.29, 1.82) is 0 Å². The highest BCUT2D eigenvalue weighted by atomic mass is 19.3. The number of ether oxygens (including phenoxy) is 3. The van der Waals surface area contributed by atoms with Crippen molar-refractivity contribution in [2.75, 3.05) is 21.1 Å². The zero-order valence-corrected chi connectivity index (χ0v) is 49.5. The normalized spacial score (nSPS) is 18.2. The molecule has 1 unspecified atom stereocenters.